The van der Waals surface area contributed by atoms with Crippen molar-refractivity contribution in [1.82, 2.24) is 10.2 Å². The summed E-state index contributed by atoms with van der Waals surface area (Å²) in [4.78, 5) is 2.43. The van der Waals surface area contributed by atoms with E-state index in [9.17, 15) is 0 Å². The number of morpholine rings is 1. The van der Waals surface area contributed by atoms with E-state index >= 15 is 0 Å². The molecule has 1 aliphatic heterocycles. The summed E-state index contributed by atoms with van der Waals surface area (Å²) in [6, 6.07) is 6.18. The van der Waals surface area contributed by atoms with Gasteiger partial charge in [0.25, 0.3) is 0 Å². The Bertz CT molecular complexity index is 434. The Balaban J connectivity index is 2.18. The maximum Gasteiger partial charge on any atom is 0.123 e. The topological polar surface area (TPSA) is 43.0 Å². The molecule has 5 heteroatoms. The molecule has 1 heterocycles. The highest BCUT2D eigenvalue weighted by molar-refractivity contribution is 5.42. The summed E-state index contributed by atoms with van der Waals surface area (Å²) in [6.07, 6.45) is 0. The lowest BCUT2D eigenvalue weighted by atomic mass is 10.0. The fourth-order valence-corrected chi connectivity index (χ4v) is 2.67. The van der Waals surface area contributed by atoms with Crippen molar-refractivity contribution in [2.24, 2.45) is 0 Å². The second-order valence-corrected chi connectivity index (χ2v) is 5.13. The van der Waals surface area contributed by atoms with Gasteiger partial charge in [0, 0.05) is 31.2 Å². The first kappa shape index (κ1) is 16.1. The smallest absolute Gasteiger partial charge is 0.123 e. The zero-order valence-corrected chi connectivity index (χ0v) is 13.2. The molecule has 0 amide bonds. The third-order valence-corrected chi connectivity index (χ3v) is 3.81. The molecule has 1 aromatic carbocycles. The predicted molar refractivity (Wildman–Crippen MR) is 83.2 cm³/mol. The van der Waals surface area contributed by atoms with Crippen LogP contribution in [0.2, 0.25) is 0 Å². The molecule has 5 nitrogen and oxygen atoms in total. The summed E-state index contributed by atoms with van der Waals surface area (Å²) in [5.74, 6) is 1.76. The van der Waals surface area contributed by atoms with Gasteiger partial charge in [0.1, 0.15) is 11.5 Å². The minimum atomic E-state index is 0.221. The van der Waals surface area contributed by atoms with Crippen molar-refractivity contribution in [3.05, 3.63) is 23.8 Å². The normalized spacial score (nSPS) is 17.5. The van der Waals surface area contributed by atoms with Crippen LogP contribution in [0.15, 0.2) is 18.2 Å². The number of rotatable bonds is 7. The molecule has 21 heavy (non-hydrogen) atoms. The summed E-state index contributed by atoms with van der Waals surface area (Å²) >= 11 is 0. The molecule has 1 N–H and O–H groups in total. The van der Waals surface area contributed by atoms with E-state index in [1.54, 1.807) is 14.2 Å². The molecule has 0 spiro atoms. The maximum absolute atomic E-state index is 5.52. The zero-order chi connectivity index (χ0) is 15.1. The van der Waals surface area contributed by atoms with Crippen LogP contribution in [-0.4, -0.2) is 58.5 Å². The molecule has 0 bridgehead atoms. The van der Waals surface area contributed by atoms with E-state index in [1.165, 1.54) is 0 Å². The summed E-state index contributed by atoms with van der Waals surface area (Å²) in [5.41, 5.74) is 1.14. The number of hydrogen-bond acceptors (Lipinski definition) is 5. The van der Waals surface area contributed by atoms with Crippen LogP contribution in [0.5, 0.6) is 11.5 Å². The monoisotopic (exact) mass is 294 g/mol. The van der Waals surface area contributed by atoms with Gasteiger partial charge in [-0.05, 0) is 24.7 Å². The molecule has 1 aliphatic rings. The molecule has 0 radical (unpaired) electrons. The molecule has 0 aromatic heterocycles. The SMILES string of the molecule is CCNC(CN1CCOCC1)c1cc(OC)ccc1OC. The van der Waals surface area contributed by atoms with Gasteiger partial charge in [-0.2, -0.15) is 0 Å². The second-order valence-electron chi connectivity index (χ2n) is 5.13. The van der Waals surface area contributed by atoms with Gasteiger partial charge in [0.15, 0.2) is 0 Å². The summed E-state index contributed by atoms with van der Waals surface area (Å²) in [6.45, 7) is 7.57. The van der Waals surface area contributed by atoms with Gasteiger partial charge >= 0.3 is 0 Å². The highest BCUT2D eigenvalue weighted by atomic mass is 16.5. The van der Waals surface area contributed by atoms with Gasteiger partial charge in [0.05, 0.1) is 27.4 Å². The molecule has 1 fully saturated rings. The van der Waals surface area contributed by atoms with Crippen LogP contribution in [0.25, 0.3) is 0 Å². The lowest BCUT2D eigenvalue weighted by Gasteiger charge is -2.31. The van der Waals surface area contributed by atoms with E-state index in [2.05, 4.69) is 23.2 Å². The fraction of sp³-hybridized carbons (Fsp3) is 0.625. The number of likely N-dealkylation sites (N-methyl/N-ethyl adjacent to an activating group) is 1. The molecule has 1 unspecified atom stereocenters. The Hall–Kier alpha value is -1.30. The van der Waals surface area contributed by atoms with Crippen molar-refractivity contribution in [3.63, 3.8) is 0 Å². The van der Waals surface area contributed by atoms with Crippen molar-refractivity contribution in [2.75, 3.05) is 53.6 Å². The van der Waals surface area contributed by atoms with E-state index in [-0.39, 0.29) is 6.04 Å². The number of hydrogen-bond donors (Lipinski definition) is 1. The van der Waals surface area contributed by atoms with Crippen LogP contribution < -0.4 is 14.8 Å². The van der Waals surface area contributed by atoms with Gasteiger partial charge < -0.3 is 19.5 Å². The Morgan fingerprint density at radius 2 is 2.00 bits per heavy atom. The first-order valence-corrected chi connectivity index (χ1v) is 7.54. The van der Waals surface area contributed by atoms with Crippen LogP contribution in [0.1, 0.15) is 18.5 Å². The minimum Gasteiger partial charge on any atom is -0.497 e. The van der Waals surface area contributed by atoms with Crippen molar-refractivity contribution in [1.29, 1.82) is 0 Å². The molecule has 1 aromatic rings. The van der Waals surface area contributed by atoms with E-state index < -0.39 is 0 Å². The molecular formula is C16H26N2O3. The zero-order valence-electron chi connectivity index (χ0n) is 13.2. The van der Waals surface area contributed by atoms with Crippen molar-refractivity contribution >= 4 is 0 Å². The van der Waals surface area contributed by atoms with E-state index in [4.69, 9.17) is 14.2 Å². The van der Waals surface area contributed by atoms with Gasteiger partial charge in [0.2, 0.25) is 0 Å². The van der Waals surface area contributed by atoms with E-state index in [0.29, 0.717) is 0 Å². The van der Waals surface area contributed by atoms with E-state index in [0.717, 1.165) is 56.5 Å². The van der Waals surface area contributed by atoms with Crippen LogP contribution in [-0.2, 0) is 4.74 Å². The van der Waals surface area contributed by atoms with Gasteiger partial charge in [-0.25, -0.2) is 0 Å². The Morgan fingerprint density at radius 1 is 1.24 bits per heavy atom. The van der Waals surface area contributed by atoms with Crippen molar-refractivity contribution in [2.45, 2.75) is 13.0 Å². The average Bonchev–Trinajstić information content (AvgIpc) is 2.55. The number of ether oxygens (including phenoxy) is 3. The first-order valence-electron chi connectivity index (χ1n) is 7.54. The highest BCUT2D eigenvalue weighted by Gasteiger charge is 2.21. The molecular weight excluding hydrogens is 268 g/mol. The molecule has 2 rings (SSSR count). The molecule has 1 saturated heterocycles. The summed E-state index contributed by atoms with van der Waals surface area (Å²) < 4.78 is 16.3. The van der Waals surface area contributed by atoms with Crippen molar-refractivity contribution in [3.8, 4) is 11.5 Å². The lowest BCUT2D eigenvalue weighted by molar-refractivity contribution is 0.0334. The summed E-state index contributed by atoms with van der Waals surface area (Å²) in [5, 5.41) is 3.55. The second kappa shape index (κ2) is 8.22. The lowest BCUT2D eigenvalue weighted by Crippen LogP contribution is -2.42. The third kappa shape index (κ3) is 4.33. The minimum absolute atomic E-state index is 0.221. The number of nitrogens with one attached hydrogen (secondary N) is 1. The van der Waals surface area contributed by atoms with Crippen molar-refractivity contribution < 1.29 is 14.2 Å². The first-order chi connectivity index (χ1) is 10.3. The Labute approximate surface area is 127 Å². The number of benzene rings is 1. The molecule has 118 valence electrons. The van der Waals surface area contributed by atoms with Crippen LogP contribution in [0.3, 0.4) is 0 Å². The average molecular weight is 294 g/mol. The quantitative estimate of drug-likeness (QED) is 0.829. The molecule has 0 saturated carbocycles. The standard InChI is InChI=1S/C16H26N2O3/c1-4-17-15(12-18-7-9-21-10-8-18)14-11-13(19-2)5-6-16(14)20-3/h5-6,11,15,17H,4,7-10,12H2,1-3H3. The summed E-state index contributed by atoms with van der Waals surface area (Å²) in [7, 11) is 3.40. The third-order valence-electron chi connectivity index (χ3n) is 3.81. The highest BCUT2D eigenvalue weighted by Crippen LogP contribution is 2.30. The van der Waals surface area contributed by atoms with Crippen LogP contribution >= 0.6 is 0 Å². The molecule has 0 aliphatic carbocycles. The Kier molecular flexibility index (Phi) is 6.29. The van der Waals surface area contributed by atoms with Crippen LogP contribution in [0, 0.1) is 0 Å². The Morgan fingerprint density at radius 3 is 2.62 bits per heavy atom. The molecule has 1 atom stereocenters. The largest absolute Gasteiger partial charge is 0.497 e. The predicted octanol–water partition coefficient (Wildman–Crippen LogP) is 1.69. The van der Waals surface area contributed by atoms with Gasteiger partial charge in [-0.1, -0.05) is 6.92 Å². The fourth-order valence-electron chi connectivity index (χ4n) is 2.67. The number of methoxy groups -OCH3 is 2. The van der Waals surface area contributed by atoms with Gasteiger partial charge in [-0.3, -0.25) is 4.90 Å². The van der Waals surface area contributed by atoms with E-state index in [1.807, 2.05) is 12.1 Å². The van der Waals surface area contributed by atoms with Gasteiger partial charge in [-0.15, -0.1) is 0 Å². The number of nitrogens with zero attached hydrogens (tertiary/aromatic N) is 1. The van der Waals surface area contributed by atoms with Crippen LogP contribution in [0.4, 0.5) is 0 Å². The maximum atomic E-state index is 5.52.